The maximum absolute atomic E-state index is 12.3. The van der Waals surface area contributed by atoms with Crippen molar-refractivity contribution in [2.24, 2.45) is 0 Å². The van der Waals surface area contributed by atoms with Crippen molar-refractivity contribution in [2.75, 3.05) is 20.3 Å². The van der Waals surface area contributed by atoms with Crippen molar-refractivity contribution >= 4 is 17.5 Å². The normalized spacial score (nSPS) is 11.5. The molecule has 0 saturated heterocycles. The van der Waals surface area contributed by atoms with Gasteiger partial charge in [0.05, 0.1) is 13.7 Å². The molecule has 1 N–H and O–H groups in total. The van der Waals surface area contributed by atoms with Crippen molar-refractivity contribution in [3.8, 4) is 17.2 Å². The quantitative estimate of drug-likeness (QED) is 0.690. The van der Waals surface area contributed by atoms with Crippen molar-refractivity contribution in [3.05, 3.63) is 53.6 Å². The molecule has 5 nitrogen and oxygen atoms in total. The van der Waals surface area contributed by atoms with E-state index in [1.165, 1.54) is 0 Å². The number of nitrogens with one attached hydrogen (secondary N) is 1. The number of hydrogen-bond donors (Lipinski definition) is 1. The number of hydrogen-bond acceptors (Lipinski definition) is 4. The van der Waals surface area contributed by atoms with Gasteiger partial charge in [0.2, 0.25) is 0 Å². The summed E-state index contributed by atoms with van der Waals surface area (Å²) in [5, 5.41) is 3.47. The number of ether oxygens (including phenoxy) is 3. The van der Waals surface area contributed by atoms with Gasteiger partial charge < -0.3 is 19.5 Å². The van der Waals surface area contributed by atoms with Crippen molar-refractivity contribution < 1.29 is 19.0 Å². The molecule has 0 spiro atoms. The predicted molar refractivity (Wildman–Crippen MR) is 97.7 cm³/mol. The van der Waals surface area contributed by atoms with E-state index in [4.69, 9.17) is 25.8 Å². The Balaban J connectivity index is 1.80. The Morgan fingerprint density at radius 1 is 1.12 bits per heavy atom. The molecule has 0 aliphatic carbocycles. The van der Waals surface area contributed by atoms with E-state index in [1.54, 1.807) is 43.5 Å². The van der Waals surface area contributed by atoms with Gasteiger partial charge in [0.1, 0.15) is 12.4 Å². The lowest BCUT2D eigenvalue weighted by Gasteiger charge is -2.18. The molecule has 2 rings (SSSR count). The highest BCUT2D eigenvalue weighted by molar-refractivity contribution is 6.30. The van der Waals surface area contributed by atoms with Crippen molar-refractivity contribution in [2.45, 2.75) is 19.4 Å². The molecule has 1 atom stereocenters. The van der Waals surface area contributed by atoms with Gasteiger partial charge in [0, 0.05) is 5.02 Å². The van der Waals surface area contributed by atoms with E-state index in [0.717, 1.165) is 0 Å². The molecular formula is C19H22ClNO4. The maximum atomic E-state index is 12.3. The van der Waals surface area contributed by atoms with Gasteiger partial charge in [-0.15, -0.1) is 0 Å². The molecule has 0 aliphatic heterocycles. The minimum Gasteiger partial charge on any atom is -0.493 e. The summed E-state index contributed by atoms with van der Waals surface area (Å²) >= 11 is 5.82. The molecule has 0 aliphatic rings. The topological polar surface area (TPSA) is 56.8 Å². The summed E-state index contributed by atoms with van der Waals surface area (Å²) in [6.07, 6.45) is -0.0473. The van der Waals surface area contributed by atoms with Crippen LogP contribution >= 0.6 is 11.6 Å². The number of methoxy groups -OCH3 is 1. The molecular weight excluding hydrogens is 342 g/mol. The SMILES string of the molecule is CC[C@H](Oc1ccccc1OC)C(=O)NCCOc1ccc(Cl)cc1. The Kier molecular flexibility index (Phi) is 7.41. The summed E-state index contributed by atoms with van der Waals surface area (Å²) in [4.78, 5) is 12.3. The molecule has 6 heteroatoms. The average molecular weight is 364 g/mol. The molecule has 1 amide bonds. The first-order valence-corrected chi connectivity index (χ1v) is 8.47. The molecule has 0 aromatic heterocycles. The van der Waals surface area contributed by atoms with Crippen LogP contribution in [0.5, 0.6) is 17.2 Å². The second-order valence-electron chi connectivity index (χ2n) is 5.26. The molecule has 2 aromatic carbocycles. The number of para-hydroxylation sites is 2. The Morgan fingerprint density at radius 2 is 1.80 bits per heavy atom. The van der Waals surface area contributed by atoms with Gasteiger partial charge >= 0.3 is 0 Å². The summed E-state index contributed by atoms with van der Waals surface area (Å²) in [5.41, 5.74) is 0. The first-order valence-electron chi connectivity index (χ1n) is 8.09. The molecule has 2 aromatic rings. The third kappa shape index (κ3) is 5.87. The van der Waals surface area contributed by atoms with Gasteiger partial charge in [-0.1, -0.05) is 30.7 Å². The van der Waals surface area contributed by atoms with Gasteiger partial charge in [0.25, 0.3) is 5.91 Å². The van der Waals surface area contributed by atoms with Crippen molar-refractivity contribution in [1.82, 2.24) is 5.32 Å². The summed E-state index contributed by atoms with van der Waals surface area (Å²) in [5.74, 6) is 1.66. The van der Waals surface area contributed by atoms with Crippen LogP contribution in [0.25, 0.3) is 0 Å². The molecule has 134 valence electrons. The number of carbonyl (C=O) groups is 1. The fraction of sp³-hybridized carbons (Fsp3) is 0.316. The second-order valence-corrected chi connectivity index (χ2v) is 5.70. The zero-order valence-corrected chi connectivity index (χ0v) is 15.1. The summed E-state index contributed by atoms with van der Waals surface area (Å²) in [6.45, 7) is 2.63. The minimum absolute atomic E-state index is 0.187. The predicted octanol–water partition coefficient (Wildman–Crippen LogP) is 3.70. The van der Waals surface area contributed by atoms with Crippen LogP contribution < -0.4 is 19.5 Å². The summed E-state index contributed by atoms with van der Waals surface area (Å²) < 4.78 is 16.6. The molecule has 0 saturated carbocycles. The Labute approximate surface area is 152 Å². The number of amides is 1. The second kappa shape index (κ2) is 9.79. The van der Waals surface area contributed by atoms with E-state index in [0.29, 0.717) is 41.8 Å². The van der Waals surface area contributed by atoms with Crippen LogP contribution in [-0.2, 0) is 4.79 Å². The lowest BCUT2D eigenvalue weighted by Crippen LogP contribution is -2.39. The standard InChI is InChI=1S/C19H22ClNO4/c1-3-16(25-18-7-5-4-6-17(18)23-2)19(22)21-12-13-24-15-10-8-14(20)9-11-15/h4-11,16H,3,12-13H2,1-2H3,(H,21,22)/t16-/m0/s1. The third-order valence-electron chi connectivity index (χ3n) is 3.49. The van der Waals surface area contributed by atoms with Crippen molar-refractivity contribution in [3.63, 3.8) is 0 Å². The summed E-state index contributed by atoms with van der Waals surface area (Å²) in [6, 6.07) is 14.3. The highest BCUT2D eigenvalue weighted by atomic mass is 35.5. The van der Waals surface area contributed by atoms with E-state index >= 15 is 0 Å². The number of benzene rings is 2. The number of rotatable bonds is 9. The molecule has 0 radical (unpaired) electrons. The molecule has 0 heterocycles. The molecule has 25 heavy (non-hydrogen) atoms. The lowest BCUT2D eigenvalue weighted by atomic mass is 10.2. The number of carbonyl (C=O) groups excluding carboxylic acids is 1. The van der Waals surface area contributed by atoms with Gasteiger partial charge in [-0.05, 0) is 42.8 Å². The summed E-state index contributed by atoms with van der Waals surface area (Å²) in [7, 11) is 1.57. The maximum Gasteiger partial charge on any atom is 0.261 e. The Bertz CT molecular complexity index is 675. The third-order valence-corrected chi connectivity index (χ3v) is 3.74. The van der Waals surface area contributed by atoms with Crippen LogP contribution in [0.1, 0.15) is 13.3 Å². The fourth-order valence-corrected chi connectivity index (χ4v) is 2.31. The number of halogens is 1. The van der Waals surface area contributed by atoms with Gasteiger partial charge in [-0.2, -0.15) is 0 Å². The highest BCUT2D eigenvalue weighted by Gasteiger charge is 2.19. The van der Waals surface area contributed by atoms with E-state index in [9.17, 15) is 4.79 Å². The lowest BCUT2D eigenvalue weighted by molar-refractivity contribution is -0.128. The Hall–Kier alpha value is -2.40. The zero-order valence-electron chi connectivity index (χ0n) is 14.3. The van der Waals surface area contributed by atoms with Crippen LogP contribution in [0.3, 0.4) is 0 Å². The molecule has 0 fully saturated rings. The average Bonchev–Trinajstić information content (AvgIpc) is 2.64. The zero-order chi connectivity index (χ0) is 18.1. The van der Waals surface area contributed by atoms with E-state index in [1.807, 2.05) is 19.1 Å². The Morgan fingerprint density at radius 3 is 2.44 bits per heavy atom. The van der Waals surface area contributed by atoms with Crippen LogP contribution in [0.4, 0.5) is 0 Å². The molecule has 0 unspecified atom stereocenters. The van der Waals surface area contributed by atoms with Gasteiger partial charge in [0.15, 0.2) is 17.6 Å². The molecule has 0 bridgehead atoms. The van der Waals surface area contributed by atoms with Gasteiger partial charge in [-0.25, -0.2) is 0 Å². The minimum atomic E-state index is -0.591. The van der Waals surface area contributed by atoms with Crippen LogP contribution in [0.15, 0.2) is 48.5 Å². The van der Waals surface area contributed by atoms with Gasteiger partial charge in [-0.3, -0.25) is 4.79 Å². The smallest absolute Gasteiger partial charge is 0.261 e. The van der Waals surface area contributed by atoms with Crippen LogP contribution in [0, 0.1) is 0 Å². The largest absolute Gasteiger partial charge is 0.493 e. The van der Waals surface area contributed by atoms with E-state index < -0.39 is 6.10 Å². The van der Waals surface area contributed by atoms with E-state index in [-0.39, 0.29) is 5.91 Å². The van der Waals surface area contributed by atoms with Crippen LogP contribution in [-0.4, -0.2) is 32.3 Å². The first kappa shape index (κ1) is 18.9. The van der Waals surface area contributed by atoms with Crippen molar-refractivity contribution in [1.29, 1.82) is 0 Å². The van der Waals surface area contributed by atoms with E-state index in [2.05, 4.69) is 5.32 Å². The monoisotopic (exact) mass is 363 g/mol. The van der Waals surface area contributed by atoms with Crippen LogP contribution in [0.2, 0.25) is 5.02 Å². The highest BCUT2D eigenvalue weighted by Crippen LogP contribution is 2.27. The first-order chi connectivity index (χ1) is 12.1. The fourth-order valence-electron chi connectivity index (χ4n) is 2.18.